The minimum absolute atomic E-state index is 0.0743. The van der Waals surface area contributed by atoms with Crippen molar-refractivity contribution in [3.05, 3.63) is 64.7 Å². The van der Waals surface area contributed by atoms with Gasteiger partial charge in [-0.2, -0.15) is 21.6 Å². The van der Waals surface area contributed by atoms with Crippen LogP contribution in [0.15, 0.2) is 47.4 Å². The Morgan fingerprint density at radius 1 is 1.18 bits per heavy atom. The molecule has 0 aromatic heterocycles. The van der Waals surface area contributed by atoms with Crippen molar-refractivity contribution in [2.24, 2.45) is 5.92 Å². The van der Waals surface area contributed by atoms with Crippen LogP contribution in [0.5, 0.6) is 0 Å². The molecule has 0 spiro atoms. The van der Waals surface area contributed by atoms with Crippen molar-refractivity contribution in [2.75, 3.05) is 0 Å². The number of rotatable bonds is 5. The molecule has 0 aliphatic heterocycles. The molecule has 0 amide bonds. The maximum Gasteiger partial charge on any atom is 0.446 e. The highest BCUT2D eigenvalue weighted by atomic mass is 32.2. The molecular formula is C19H17F3O4S2. The smallest absolute Gasteiger partial charge is 0.294 e. The summed E-state index contributed by atoms with van der Waals surface area (Å²) in [4.78, 5) is 12.7. The molecule has 0 saturated heterocycles. The minimum Gasteiger partial charge on any atom is -0.294 e. The number of hydrogen-bond donors (Lipinski definition) is 1. The van der Waals surface area contributed by atoms with Gasteiger partial charge in [-0.25, -0.2) is 0 Å². The van der Waals surface area contributed by atoms with Gasteiger partial charge in [0, 0.05) is 16.4 Å². The van der Waals surface area contributed by atoms with Gasteiger partial charge in [0.2, 0.25) is 0 Å². The lowest BCUT2D eigenvalue weighted by Gasteiger charge is -2.10. The van der Waals surface area contributed by atoms with Crippen LogP contribution in [0.4, 0.5) is 13.2 Å². The molecule has 2 aromatic carbocycles. The maximum atomic E-state index is 12.6. The quantitative estimate of drug-likeness (QED) is 0.543. The highest BCUT2D eigenvalue weighted by Gasteiger charge is 2.32. The van der Waals surface area contributed by atoms with Gasteiger partial charge in [0.1, 0.15) is 5.25 Å². The van der Waals surface area contributed by atoms with E-state index in [4.69, 9.17) is 0 Å². The number of fused-ring (bicyclic) bond motifs is 1. The first-order valence-electron chi connectivity index (χ1n) is 8.42. The van der Waals surface area contributed by atoms with Gasteiger partial charge >= 0.3 is 5.51 Å². The Kier molecular flexibility index (Phi) is 5.62. The van der Waals surface area contributed by atoms with Crippen LogP contribution in [0.1, 0.15) is 39.2 Å². The Balaban J connectivity index is 1.74. The van der Waals surface area contributed by atoms with E-state index in [1.807, 2.05) is 0 Å². The predicted octanol–water partition coefficient (Wildman–Crippen LogP) is 4.85. The second-order valence-corrected chi connectivity index (χ2v) is 9.61. The molecule has 0 fully saturated rings. The summed E-state index contributed by atoms with van der Waals surface area (Å²) in [6.07, 6.45) is 0.799. The highest BCUT2D eigenvalue weighted by molar-refractivity contribution is 8.00. The zero-order chi connectivity index (χ0) is 20.7. The van der Waals surface area contributed by atoms with Crippen molar-refractivity contribution >= 4 is 27.7 Å². The van der Waals surface area contributed by atoms with Gasteiger partial charge in [0.05, 0.1) is 0 Å². The number of carbonyl (C=O) groups excluding carboxylic acids is 1. The molecule has 2 aromatic rings. The third-order valence-corrected chi connectivity index (χ3v) is 6.69. The Morgan fingerprint density at radius 3 is 2.39 bits per heavy atom. The van der Waals surface area contributed by atoms with E-state index in [0.717, 1.165) is 5.56 Å². The summed E-state index contributed by atoms with van der Waals surface area (Å²) >= 11 is -0.188. The van der Waals surface area contributed by atoms with Gasteiger partial charge in [0.15, 0.2) is 5.78 Å². The fraction of sp³-hybridized carbons (Fsp3) is 0.316. The van der Waals surface area contributed by atoms with Crippen LogP contribution in [0.3, 0.4) is 0 Å². The van der Waals surface area contributed by atoms with Crippen LogP contribution in [-0.2, 0) is 23.0 Å². The average molecular weight is 430 g/mol. The SMILES string of the molecule is CC(c1ccc2c(c1)CC(Cc1ccc(SC(F)(F)F)cc1)C2=O)S(=O)(=O)O. The molecule has 28 heavy (non-hydrogen) atoms. The van der Waals surface area contributed by atoms with Crippen LogP contribution < -0.4 is 0 Å². The minimum atomic E-state index is -4.35. The van der Waals surface area contributed by atoms with Gasteiger partial charge in [-0.15, -0.1) is 0 Å². The summed E-state index contributed by atoms with van der Waals surface area (Å²) in [6.45, 7) is 1.37. The zero-order valence-corrected chi connectivity index (χ0v) is 16.4. The molecule has 1 aliphatic rings. The van der Waals surface area contributed by atoms with Crippen LogP contribution in [-0.4, -0.2) is 24.3 Å². The summed E-state index contributed by atoms with van der Waals surface area (Å²) < 4.78 is 69.1. The fourth-order valence-electron chi connectivity index (χ4n) is 3.30. The molecule has 0 heterocycles. The Hall–Kier alpha value is -1.84. The normalized spacial score (nSPS) is 18.2. The Labute approximate surface area is 164 Å². The molecule has 150 valence electrons. The van der Waals surface area contributed by atoms with Gasteiger partial charge in [-0.3, -0.25) is 9.35 Å². The van der Waals surface area contributed by atoms with Crippen molar-refractivity contribution in [3.63, 3.8) is 0 Å². The number of alkyl halides is 3. The van der Waals surface area contributed by atoms with Crippen LogP contribution in [0.25, 0.3) is 0 Å². The molecule has 2 atom stereocenters. The van der Waals surface area contributed by atoms with Crippen molar-refractivity contribution < 1.29 is 30.9 Å². The monoisotopic (exact) mass is 430 g/mol. The van der Waals surface area contributed by atoms with Crippen LogP contribution in [0, 0.1) is 5.92 Å². The fourth-order valence-corrected chi connectivity index (χ4v) is 4.33. The largest absolute Gasteiger partial charge is 0.446 e. The molecular weight excluding hydrogens is 413 g/mol. The Morgan fingerprint density at radius 2 is 1.82 bits per heavy atom. The third kappa shape index (κ3) is 4.76. The van der Waals surface area contributed by atoms with E-state index in [1.54, 1.807) is 24.3 Å². The van der Waals surface area contributed by atoms with Gasteiger partial charge < -0.3 is 0 Å². The topological polar surface area (TPSA) is 71.4 Å². The summed E-state index contributed by atoms with van der Waals surface area (Å²) in [5, 5.41) is -1.09. The number of halogens is 3. The molecule has 4 nitrogen and oxygen atoms in total. The second-order valence-electron chi connectivity index (χ2n) is 6.73. The van der Waals surface area contributed by atoms with Gasteiger partial charge in [0.25, 0.3) is 10.1 Å². The van der Waals surface area contributed by atoms with E-state index in [1.165, 1.54) is 25.1 Å². The first kappa shape index (κ1) is 20.9. The molecule has 1 N–H and O–H groups in total. The molecule has 3 rings (SSSR count). The lowest BCUT2D eigenvalue weighted by molar-refractivity contribution is -0.0328. The van der Waals surface area contributed by atoms with E-state index in [0.29, 0.717) is 29.5 Å². The third-order valence-electron chi connectivity index (χ3n) is 4.79. The molecule has 0 bridgehead atoms. The maximum absolute atomic E-state index is 12.6. The number of carbonyl (C=O) groups is 1. The molecule has 9 heteroatoms. The highest BCUT2D eigenvalue weighted by Crippen LogP contribution is 2.37. The van der Waals surface area contributed by atoms with Crippen molar-refractivity contribution in [1.29, 1.82) is 0 Å². The number of hydrogen-bond acceptors (Lipinski definition) is 4. The second kappa shape index (κ2) is 7.53. The molecule has 0 saturated carbocycles. The summed E-state index contributed by atoms with van der Waals surface area (Å²) in [6, 6.07) is 10.6. The summed E-state index contributed by atoms with van der Waals surface area (Å²) in [7, 11) is -4.23. The number of ketones is 1. The zero-order valence-electron chi connectivity index (χ0n) is 14.7. The Bertz CT molecular complexity index is 999. The van der Waals surface area contributed by atoms with Gasteiger partial charge in [-0.1, -0.05) is 30.3 Å². The first-order valence-corrected chi connectivity index (χ1v) is 10.7. The number of Topliss-reactive ketones (excluding diaryl/α,β-unsaturated/α-hetero) is 1. The van der Waals surface area contributed by atoms with E-state index in [2.05, 4.69) is 0 Å². The summed E-state index contributed by atoms with van der Waals surface area (Å²) in [5.74, 6) is -0.429. The average Bonchev–Trinajstić information content (AvgIpc) is 2.89. The molecule has 2 unspecified atom stereocenters. The standard InChI is InChI=1S/C19H17F3O4S2/c1-11(28(24,25)26)13-4-7-17-14(9-13)10-15(18(17)23)8-12-2-5-16(6-3-12)27-19(20,21)22/h2-7,9,11,15H,8,10H2,1H3,(H,24,25,26). The van der Waals surface area contributed by atoms with E-state index in [9.17, 15) is 30.9 Å². The van der Waals surface area contributed by atoms with Gasteiger partial charge in [-0.05, 0) is 60.4 Å². The van der Waals surface area contributed by atoms with E-state index < -0.39 is 20.9 Å². The van der Waals surface area contributed by atoms with Crippen LogP contribution in [0.2, 0.25) is 0 Å². The lowest BCUT2D eigenvalue weighted by atomic mass is 9.96. The summed E-state index contributed by atoms with van der Waals surface area (Å²) in [5.41, 5.74) is -1.96. The molecule has 0 radical (unpaired) electrons. The van der Waals surface area contributed by atoms with Crippen LogP contribution >= 0.6 is 11.8 Å². The van der Waals surface area contributed by atoms with Crippen molar-refractivity contribution in [1.82, 2.24) is 0 Å². The van der Waals surface area contributed by atoms with Crippen molar-refractivity contribution in [2.45, 2.75) is 35.4 Å². The number of benzene rings is 2. The lowest BCUT2D eigenvalue weighted by Crippen LogP contribution is -2.12. The predicted molar refractivity (Wildman–Crippen MR) is 100.0 cm³/mol. The number of thioether (sulfide) groups is 1. The molecule has 1 aliphatic carbocycles. The van der Waals surface area contributed by atoms with Crippen molar-refractivity contribution in [3.8, 4) is 0 Å². The first-order chi connectivity index (χ1) is 12.9. The van der Waals surface area contributed by atoms with E-state index in [-0.39, 0.29) is 28.4 Å². The van der Waals surface area contributed by atoms with E-state index >= 15 is 0 Å².